The fraction of sp³-hybridized carbons (Fsp3) is 0.476. The number of hydrogen-bond donors (Lipinski definition) is 2. The lowest BCUT2D eigenvalue weighted by atomic mass is 9.79. The molecule has 0 saturated carbocycles. The van der Waals surface area contributed by atoms with Crippen molar-refractivity contribution in [3.05, 3.63) is 52.5 Å². The molecule has 0 aliphatic carbocycles. The Labute approximate surface area is 200 Å². The molecule has 0 amide bonds. The first-order chi connectivity index (χ1) is 16.2. The van der Waals surface area contributed by atoms with Gasteiger partial charge in [0.1, 0.15) is 0 Å². The zero-order valence-electron chi connectivity index (χ0n) is 18.2. The Morgan fingerprint density at radius 3 is 1.94 bits per heavy atom. The number of halogens is 6. The van der Waals surface area contributed by atoms with Crippen LogP contribution in [0.15, 0.2) is 41.4 Å². The minimum absolute atomic E-state index is 0.568. The van der Waals surface area contributed by atoms with Gasteiger partial charge < -0.3 is 10.2 Å². The number of nitrogens with zero attached hydrogens (tertiary/aromatic N) is 3. The summed E-state index contributed by atoms with van der Waals surface area (Å²) >= 11 is 1.80. The van der Waals surface area contributed by atoms with Gasteiger partial charge in [0.15, 0.2) is 0 Å². The van der Waals surface area contributed by atoms with Crippen LogP contribution in [0.4, 0.5) is 26.3 Å². The maximum absolute atomic E-state index is 10.6. The molecule has 0 aromatic carbocycles. The van der Waals surface area contributed by atoms with Gasteiger partial charge in [-0.3, -0.25) is 14.8 Å². The van der Waals surface area contributed by atoms with Gasteiger partial charge in [-0.15, -0.1) is 0 Å². The highest BCUT2D eigenvalue weighted by molar-refractivity contribution is 7.07. The monoisotopic (exact) mass is 527 g/mol. The summed E-state index contributed by atoms with van der Waals surface area (Å²) in [5, 5.41) is 18.7. The summed E-state index contributed by atoms with van der Waals surface area (Å²) in [6.07, 6.45) is -4.97. The van der Waals surface area contributed by atoms with Crippen LogP contribution in [-0.4, -0.2) is 75.5 Å². The number of aliphatic carboxylic acids is 2. The SMILES string of the molecule is O=C(O)C(F)(F)F.O=C(O)C(F)(F)F.c1cncc(CN2CCC3(C2)CN(Cc2ccsc2)C3)c1. The maximum Gasteiger partial charge on any atom is 0.490 e. The first-order valence-corrected chi connectivity index (χ1v) is 11.1. The minimum Gasteiger partial charge on any atom is -0.475 e. The third-order valence-electron chi connectivity index (χ3n) is 5.24. The maximum atomic E-state index is 10.6. The molecule has 194 valence electrons. The van der Waals surface area contributed by atoms with Crippen molar-refractivity contribution in [2.24, 2.45) is 5.41 Å². The molecule has 7 nitrogen and oxygen atoms in total. The van der Waals surface area contributed by atoms with E-state index in [9.17, 15) is 26.3 Å². The fourth-order valence-corrected chi connectivity index (χ4v) is 4.49. The van der Waals surface area contributed by atoms with E-state index in [0.29, 0.717) is 5.41 Å². The zero-order valence-corrected chi connectivity index (χ0v) is 19.0. The van der Waals surface area contributed by atoms with Gasteiger partial charge in [-0.2, -0.15) is 37.7 Å². The Balaban J connectivity index is 0.000000257. The fourth-order valence-electron chi connectivity index (χ4n) is 3.83. The van der Waals surface area contributed by atoms with Crippen molar-refractivity contribution in [2.45, 2.75) is 31.9 Å². The molecule has 0 unspecified atom stereocenters. The van der Waals surface area contributed by atoms with Crippen molar-refractivity contribution in [3.63, 3.8) is 0 Å². The van der Waals surface area contributed by atoms with Crippen molar-refractivity contribution < 1.29 is 46.1 Å². The lowest BCUT2D eigenvalue weighted by Gasteiger charge is -2.48. The van der Waals surface area contributed by atoms with Gasteiger partial charge in [0.2, 0.25) is 0 Å². The van der Waals surface area contributed by atoms with Crippen molar-refractivity contribution in [2.75, 3.05) is 26.2 Å². The molecule has 2 aliphatic rings. The van der Waals surface area contributed by atoms with E-state index in [1.54, 1.807) is 11.3 Å². The number of pyridine rings is 1. The number of carbonyl (C=O) groups is 2. The molecule has 2 aromatic heterocycles. The van der Waals surface area contributed by atoms with E-state index in [2.05, 4.69) is 37.7 Å². The Kier molecular flexibility index (Phi) is 9.63. The first kappa shape index (κ1) is 28.5. The predicted octanol–water partition coefficient (Wildman–Crippen LogP) is 4.12. The lowest BCUT2D eigenvalue weighted by Crippen LogP contribution is -2.56. The molecule has 2 fully saturated rings. The first-order valence-electron chi connectivity index (χ1n) is 10.2. The molecule has 35 heavy (non-hydrogen) atoms. The second kappa shape index (κ2) is 11.8. The van der Waals surface area contributed by atoms with Gasteiger partial charge in [0, 0.05) is 50.5 Å². The molecule has 0 atom stereocenters. The molecule has 0 radical (unpaired) electrons. The van der Waals surface area contributed by atoms with Gasteiger partial charge in [-0.1, -0.05) is 6.07 Å². The second-order valence-corrected chi connectivity index (χ2v) is 8.98. The van der Waals surface area contributed by atoms with Crippen molar-refractivity contribution in [3.8, 4) is 0 Å². The van der Waals surface area contributed by atoms with E-state index >= 15 is 0 Å². The Bertz CT molecular complexity index is 924. The Hall–Kier alpha value is -2.71. The average Bonchev–Trinajstić information content (AvgIpc) is 3.38. The van der Waals surface area contributed by atoms with Crippen LogP contribution in [0.5, 0.6) is 0 Å². The normalized spacial score (nSPS) is 17.5. The summed E-state index contributed by atoms with van der Waals surface area (Å²) in [7, 11) is 0. The van der Waals surface area contributed by atoms with E-state index in [4.69, 9.17) is 19.8 Å². The van der Waals surface area contributed by atoms with Gasteiger partial charge in [0.25, 0.3) is 0 Å². The van der Waals surface area contributed by atoms with E-state index in [1.807, 2.05) is 18.5 Å². The predicted molar refractivity (Wildman–Crippen MR) is 114 cm³/mol. The highest BCUT2D eigenvalue weighted by atomic mass is 32.1. The Morgan fingerprint density at radius 1 is 0.943 bits per heavy atom. The quantitative estimate of drug-likeness (QED) is 0.578. The van der Waals surface area contributed by atoms with Crippen LogP contribution in [0.1, 0.15) is 17.5 Å². The molecule has 1 spiro atoms. The number of carboxylic acids is 2. The molecule has 2 saturated heterocycles. The largest absolute Gasteiger partial charge is 0.490 e. The summed E-state index contributed by atoms with van der Waals surface area (Å²) in [5.41, 5.74) is 3.38. The standard InChI is InChI=1S/C17H21N3S.2C2HF3O2/c1-2-15(8-18-5-1)9-19-6-4-17(12-19)13-20(14-17)10-16-3-7-21-11-16;2*3-2(4,5)1(6)7/h1-3,5,7-8,11H,4,6,9-10,12-14H2;2*(H,6,7). The molecule has 0 bridgehead atoms. The van der Waals surface area contributed by atoms with Crippen LogP contribution in [-0.2, 0) is 22.7 Å². The highest BCUT2D eigenvalue weighted by Crippen LogP contribution is 2.40. The number of alkyl halides is 6. The van der Waals surface area contributed by atoms with Crippen LogP contribution in [0.25, 0.3) is 0 Å². The number of likely N-dealkylation sites (tertiary alicyclic amines) is 2. The topological polar surface area (TPSA) is 94.0 Å². The second-order valence-electron chi connectivity index (χ2n) is 8.20. The van der Waals surface area contributed by atoms with Crippen LogP contribution in [0.2, 0.25) is 0 Å². The number of rotatable bonds is 4. The third kappa shape index (κ3) is 9.45. The van der Waals surface area contributed by atoms with Gasteiger partial charge in [-0.05, 0) is 47.0 Å². The molecule has 2 aromatic rings. The summed E-state index contributed by atoms with van der Waals surface area (Å²) in [5.74, 6) is -5.51. The lowest BCUT2D eigenvalue weighted by molar-refractivity contribution is -0.193. The van der Waals surface area contributed by atoms with E-state index in [0.717, 1.165) is 13.1 Å². The number of hydrogen-bond acceptors (Lipinski definition) is 6. The van der Waals surface area contributed by atoms with Crippen LogP contribution >= 0.6 is 11.3 Å². The van der Waals surface area contributed by atoms with Gasteiger partial charge in [0.05, 0.1) is 0 Å². The summed E-state index contributed by atoms with van der Waals surface area (Å²) in [4.78, 5) is 27.2. The summed E-state index contributed by atoms with van der Waals surface area (Å²) in [6, 6.07) is 6.47. The summed E-state index contributed by atoms with van der Waals surface area (Å²) in [6.45, 7) is 7.22. The van der Waals surface area contributed by atoms with Crippen LogP contribution < -0.4 is 0 Å². The van der Waals surface area contributed by atoms with E-state index in [-0.39, 0.29) is 0 Å². The molecule has 2 N–H and O–H groups in total. The molecule has 14 heteroatoms. The molecular weight excluding hydrogens is 504 g/mol. The summed E-state index contributed by atoms with van der Waals surface area (Å²) < 4.78 is 63.5. The highest BCUT2D eigenvalue weighted by Gasteiger charge is 2.47. The third-order valence-corrected chi connectivity index (χ3v) is 5.97. The number of aromatic nitrogens is 1. The van der Waals surface area contributed by atoms with E-state index in [1.165, 1.54) is 43.7 Å². The van der Waals surface area contributed by atoms with Crippen molar-refractivity contribution >= 4 is 23.3 Å². The minimum atomic E-state index is -5.08. The molecular formula is C21H23F6N3O4S. The number of carboxylic acid groups (broad SMARTS) is 2. The molecule has 2 aliphatic heterocycles. The van der Waals surface area contributed by atoms with E-state index < -0.39 is 24.3 Å². The smallest absolute Gasteiger partial charge is 0.475 e. The van der Waals surface area contributed by atoms with Crippen LogP contribution in [0, 0.1) is 5.41 Å². The van der Waals surface area contributed by atoms with Crippen molar-refractivity contribution in [1.29, 1.82) is 0 Å². The average molecular weight is 527 g/mol. The number of thiophene rings is 1. The molecule has 4 rings (SSSR count). The zero-order chi connectivity index (χ0) is 26.3. The van der Waals surface area contributed by atoms with Crippen LogP contribution in [0.3, 0.4) is 0 Å². The van der Waals surface area contributed by atoms with Crippen molar-refractivity contribution in [1.82, 2.24) is 14.8 Å². The molecule has 4 heterocycles. The van der Waals surface area contributed by atoms with Gasteiger partial charge >= 0.3 is 24.3 Å². The Morgan fingerprint density at radius 2 is 1.49 bits per heavy atom. The van der Waals surface area contributed by atoms with Gasteiger partial charge in [-0.25, -0.2) is 9.59 Å².